The first kappa shape index (κ1) is 15.5. The number of nitrogens with zero attached hydrogens (tertiary/aromatic N) is 4. The Labute approximate surface area is 137 Å². The van der Waals surface area contributed by atoms with Gasteiger partial charge in [0.1, 0.15) is 0 Å². The predicted molar refractivity (Wildman–Crippen MR) is 85.2 cm³/mol. The van der Waals surface area contributed by atoms with E-state index in [-0.39, 0.29) is 11.8 Å². The van der Waals surface area contributed by atoms with E-state index in [1.165, 1.54) is 11.8 Å². The first-order valence-corrected chi connectivity index (χ1v) is 9.11. The van der Waals surface area contributed by atoms with Gasteiger partial charge in [0.2, 0.25) is 11.8 Å². The molecule has 2 aromatic rings. The summed E-state index contributed by atoms with van der Waals surface area (Å²) in [6.07, 6.45) is 1.98. The highest BCUT2D eigenvalue weighted by atomic mass is 32.2. The van der Waals surface area contributed by atoms with Gasteiger partial charge >= 0.3 is 0 Å². The molecule has 22 heavy (non-hydrogen) atoms. The van der Waals surface area contributed by atoms with Gasteiger partial charge < -0.3 is 9.42 Å². The summed E-state index contributed by atoms with van der Waals surface area (Å²) in [5.74, 6) is 2.07. The fourth-order valence-corrected chi connectivity index (χ4v) is 4.26. The number of piperidine rings is 1. The molecule has 1 aliphatic rings. The average molecular weight is 338 g/mol. The van der Waals surface area contributed by atoms with Gasteiger partial charge in [-0.25, -0.2) is 4.98 Å². The summed E-state index contributed by atoms with van der Waals surface area (Å²) >= 11 is 3.10. The Kier molecular flexibility index (Phi) is 4.77. The first-order valence-electron chi connectivity index (χ1n) is 7.24. The zero-order chi connectivity index (χ0) is 15.5. The number of aryl methyl sites for hydroxylation is 2. The number of hydrogen-bond acceptors (Lipinski definition) is 7. The van der Waals surface area contributed by atoms with E-state index in [9.17, 15) is 4.79 Å². The third-order valence-electron chi connectivity index (χ3n) is 3.60. The molecule has 0 N–H and O–H groups in total. The number of thiazole rings is 1. The highest BCUT2D eigenvalue weighted by molar-refractivity contribution is 8.01. The van der Waals surface area contributed by atoms with Crippen molar-refractivity contribution in [3.05, 3.63) is 22.8 Å². The van der Waals surface area contributed by atoms with Crippen molar-refractivity contribution >= 4 is 29.0 Å². The van der Waals surface area contributed by atoms with Crippen LogP contribution in [0, 0.1) is 13.8 Å². The third kappa shape index (κ3) is 3.67. The van der Waals surface area contributed by atoms with Crippen LogP contribution in [0.5, 0.6) is 0 Å². The molecule has 8 heteroatoms. The van der Waals surface area contributed by atoms with Crippen LogP contribution in [0.3, 0.4) is 0 Å². The van der Waals surface area contributed by atoms with Crippen LogP contribution in [-0.4, -0.2) is 44.8 Å². The number of hydrogen-bond donors (Lipinski definition) is 0. The number of likely N-dealkylation sites (tertiary alicyclic amines) is 1. The number of carbonyl (C=O) groups is 1. The van der Waals surface area contributed by atoms with Crippen LogP contribution >= 0.6 is 23.1 Å². The molecule has 0 saturated carbocycles. The molecule has 6 nitrogen and oxygen atoms in total. The molecule has 1 saturated heterocycles. The van der Waals surface area contributed by atoms with Crippen molar-refractivity contribution in [1.29, 1.82) is 0 Å². The van der Waals surface area contributed by atoms with E-state index in [1.807, 2.05) is 17.2 Å². The van der Waals surface area contributed by atoms with Gasteiger partial charge in [-0.2, -0.15) is 4.98 Å². The Hall–Kier alpha value is -1.41. The Morgan fingerprint density at radius 2 is 2.36 bits per heavy atom. The molecule has 118 valence electrons. The van der Waals surface area contributed by atoms with Crippen molar-refractivity contribution in [1.82, 2.24) is 20.0 Å². The van der Waals surface area contributed by atoms with Gasteiger partial charge in [0.05, 0.1) is 5.75 Å². The van der Waals surface area contributed by atoms with Crippen molar-refractivity contribution in [2.75, 3.05) is 18.8 Å². The minimum Gasteiger partial charge on any atom is -0.341 e. The standard InChI is InChI=1S/C14H18N4O2S2/c1-9-7-21-14(15-9)22-8-12(19)18-5-3-4-11(6-18)13-16-10(2)20-17-13/h7,11H,3-6,8H2,1-2H3. The zero-order valence-electron chi connectivity index (χ0n) is 12.6. The molecule has 1 aliphatic heterocycles. The van der Waals surface area contributed by atoms with Crippen molar-refractivity contribution in [2.24, 2.45) is 0 Å². The van der Waals surface area contributed by atoms with Crippen LogP contribution in [0.25, 0.3) is 0 Å². The number of carbonyl (C=O) groups excluding carboxylic acids is 1. The topological polar surface area (TPSA) is 72.1 Å². The highest BCUT2D eigenvalue weighted by Gasteiger charge is 2.27. The lowest BCUT2D eigenvalue weighted by molar-refractivity contribution is -0.129. The average Bonchev–Trinajstić information content (AvgIpc) is 3.13. The quantitative estimate of drug-likeness (QED) is 0.798. The van der Waals surface area contributed by atoms with E-state index in [0.29, 0.717) is 18.2 Å². The lowest BCUT2D eigenvalue weighted by Gasteiger charge is -2.31. The molecule has 0 spiro atoms. The summed E-state index contributed by atoms with van der Waals surface area (Å²) in [5, 5.41) is 5.99. The van der Waals surface area contributed by atoms with Gasteiger partial charge in [0, 0.05) is 37.0 Å². The van der Waals surface area contributed by atoms with Gasteiger partial charge in [-0.3, -0.25) is 4.79 Å². The summed E-state index contributed by atoms with van der Waals surface area (Å²) in [6, 6.07) is 0. The predicted octanol–water partition coefficient (Wildman–Crippen LogP) is 2.64. The van der Waals surface area contributed by atoms with E-state index in [1.54, 1.807) is 18.3 Å². The van der Waals surface area contributed by atoms with Crippen LogP contribution in [0.2, 0.25) is 0 Å². The van der Waals surface area contributed by atoms with Crippen LogP contribution in [-0.2, 0) is 4.79 Å². The SMILES string of the molecule is Cc1csc(SCC(=O)N2CCCC(c3noc(C)n3)C2)n1. The van der Waals surface area contributed by atoms with Gasteiger partial charge in [-0.15, -0.1) is 11.3 Å². The normalized spacial score (nSPS) is 18.6. The molecule has 1 fully saturated rings. The summed E-state index contributed by atoms with van der Waals surface area (Å²) in [4.78, 5) is 23.0. The molecule has 3 rings (SSSR count). The van der Waals surface area contributed by atoms with E-state index < -0.39 is 0 Å². The minimum atomic E-state index is 0.155. The van der Waals surface area contributed by atoms with Crippen molar-refractivity contribution < 1.29 is 9.32 Å². The number of thioether (sulfide) groups is 1. The van der Waals surface area contributed by atoms with E-state index in [0.717, 1.165) is 35.2 Å². The molecular formula is C14H18N4O2S2. The largest absolute Gasteiger partial charge is 0.341 e. The van der Waals surface area contributed by atoms with E-state index >= 15 is 0 Å². The van der Waals surface area contributed by atoms with Crippen molar-refractivity contribution in [3.8, 4) is 0 Å². The number of aromatic nitrogens is 3. The maximum atomic E-state index is 12.4. The Balaban J connectivity index is 1.55. The molecule has 1 atom stereocenters. The fourth-order valence-electron chi connectivity index (χ4n) is 2.51. The summed E-state index contributed by atoms with van der Waals surface area (Å²) in [5.41, 5.74) is 1.01. The van der Waals surface area contributed by atoms with E-state index in [2.05, 4.69) is 15.1 Å². The Morgan fingerprint density at radius 1 is 1.50 bits per heavy atom. The van der Waals surface area contributed by atoms with Crippen LogP contribution < -0.4 is 0 Å². The monoisotopic (exact) mass is 338 g/mol. The second kappa shape index (κ2) is 6.78. The first-order chi connectivity index (χ1) is 10.6. The van der Waals surface area contributed by atoms with Gasteiger partial charge in [0.15, 0.2) is 10.2 Å². The maximum absolute atomic E-state index is 12.4. The Bertz CT molecular complexity index is 655. The minimum absolute atomic E-state index is 0.155. The smallest absolute Gasteiger partial charge is 0.233 e. The van der Waals surface area contributed by atoms with Crippen molar-refractivity contribution in [2.45, 2.75) is 36.9 Å². The molecule has 0 aliphatic carbocycles. The molecule has 3 heterocycles. The molecular weight excluding hydrogens is 320 g/mol. The molecule has 0 aromatic carbocycles. The Morgan fingerprint density at radius 3 is 3.05 bits per heavy atom. The highest BCUT2D eigenvalue weighted by Crippen LogP contribution is 2.27. The second-order valence-corrected chi connectivity index (χ2v) is 7.47. The fraction of sp³-hybridized carbons (Fsp3) is 0.571. The number of rotatable bonds is 4. The molecule has 1 amide bonds. The third-order valence-corrected chi connectivity index (χ3v) is 5.72. The molecule has 1 unspecified atom stereocenters. The molecule has 0 radical (unpaired) electrons. The second-order valence-electron chi connectivity index (χ2n) is 5.39. The summed E-state index contributed by atoms with van der Waals surface area (Å²) in [6.45, 7) is 5.23. The lowest BCUT2D eigenvalue weighted by atomic mass is 9.97. The van der Waals surface area contributed by atoms with Gasteiger partial charge in [-0.05, 0) is 19.8 Å². The zero-order valence-corrected chi connectivity index (χ0v) is 14.2. The maximum Gasteiger partial charge on any atom is 0.233 e. The summed E-state index contributed by atoms with van der Waals surface area (Å²) in [7, 11) is 0. The van der Waals surface area contributed by atoms with E-state index in [4.69, 9.17) is 4.52 Å². The lowest BCUT2D eigenvalue weighted by Crippen LogP contribution is -2.40. The van der Waals surface area contributed by atoms with Gasteiger partial charge in [0.25, 0.3) is 0 Å². The van der Waals surface area contributed by atoms with Crippen molar-refractivity contribution in [3.63, 3.8) is 0 Å². The molecule has 2 aromatic heterocycles. The van der Waals surface area contributed by atoms with Crippen LogP contribution in [0.1, 0.15) is 36.2 Å². The summed E-state index contributed by atoms with van der Waals surface area (Å²) < 4.78 is 6.00. The number of amides is 1. The van der Waals surface area contributed by atoms with Gasteiger partial charge in [-0.1, -0.05) is 16.9 Å². The van der Waals surface area contributed by atoms with Crippen LogP contribution in [0.4, 0.5) is 0 Å². The van der Waals surface area contributed by atoms with Crippen LogP contribution in [0.15, 0.2) is 14.2 Å². The molecule has 0 bridgehead atoms.